The number of Topliss-reactive ketones (excluding diaryl/α,β-unsaturated/α-hetero) is 1. The number of nitrogens with two attached hydrogens (primary N) is 1. The van der Waals surface area contributed by atoms with Crippen molar-refractivity contribution >= 4 is 56.7 Å². The third kappa shape index (κ3) is 4.70. The zero-order chi connectivity index (χ0) is 23.7. The topological polar surface area (TPSA) is 128 Å². The van der Waals surface area contributed by atoms with Crippen LogP contribution in [0.4, 0.5) is 5.69 Å². The molecule has 1 heterocycles. The third-order valence-electron chi connectivity index (χ3n) is 5.49. The summed E-state index contributed by atoms with van der Waals surface area (Å²) in [5.74, 6) is 0.656. The van der Waals surface area contributed by atoms with E-state index in [-0.39, 0.29) is 29.5 Å². The van der Waals surface area contributed by atoms with Crippen LogP contribution >= 0.6 is 45.2 Å². The molecule has 10 heteroatoms. The van der Waals surface area contributed by atoms with Crippen LogP contribution in [-0.4, -0.2) is 10.7 Å². The predicted molar refractivity (Wildman–Crippen MR) is 136 cm³/mol. The molecule has 0 unspecified atom stereocenters. The Bertz CT molecular complexity index is 1240. The number of hydrogen-bond acceptors (Lipinski definition) is 7. The monoisotopic (exact) mass is 669 g/mol. The number of nitriles is 1. The van der Waals surface area contributed by atoms with Gasteiger partial charge in [-0.1, -0.05) is 0 Å². The molecule has 0 spiro atoms. The Balaban J connectivity index is 1.65. The van der Waals surface area contributed by atoms with Gasteiger partial charge in [-0.2, -0.15) is 5.26 Å². The van der Waals surface area contributed by atoms with Crippen molar-refractivity contribution in [3.05, 3.63) is 87.6 Å². The standard InChI is InChI=1S/C23H17I2N3O5/c24-16-8-13(20-15(10-26)23(27)33-19-3-1-2-18(29)21(19)20)9-17(25)22(16)32-11-12-4-6-14(7-5-12)28(30)31/h4-9,20H,1-3,11,27H2/t20-/m0/s1. The van der Waals surface area contributed by atoms with E-state index in [2.05, 4.69) is 51.3 Å². The molecule has 2 aromatic rings. The summed E-state index contributed by atoms with van der Waals surface area (Å²) >= 11 is 4.32. The second-order valence-electron chi connectivity index (χ2n) is 7.56. The molecule has 8 nitrogen and oxygen atoms in total. The minimum absolute atomic E-state index is 0.0231. The second kappa shape index (κ2) is 9.68. The molecule has 0 aromatic heterocycles. The molecule has 2 N–H and O–H groups in total. The number of nitro groups is 1. The molecule has 2 aromatic carbocycles. The number of nitrogens with zero attached hydrogens (tertiary/aromatic N) is 2. The number of benzene rings is 2. The number of non-ortho nitro benzene ring substituents is 1. The van der Waals surface area contributed by atoms with Gasteiger partial charge >= 0.3 is 0 Å². The molecule has 4 rings (SSSR count). The van der Waals surface area contributed by atoms with Crippen LogP contribution in [0.25, 0.3) is 0 Å². The summed E-state index contributed by atoms with van der Waals surface area (Å²) in [6.45, 7) is 0.241. The summed E-state index contributed by atoms with van der Waals surface area (Å²) < 4.78 is 13.3. The van der Waals surface area contributed by atoms with Crippen molar-refractivity contribution in [2.45, 2.75) is 31.8 Å². The lowest BCUT2D eigenvalue weighted by Gasteiger charge is -2.31. The lowest BCUT2D eigenvalue weighted by Crippen LogP contribution is -2.27. The summed E-state index contributed by atoms with van der Waals surface area (Å²) in [4.78, 5) is 23.1. The maximum absolute atomic E-state index is 12.8. The van der Waals surface area contributed by atoms with Gasteiger partial charge < -0.3 is 15.2 Å². The summed E-state index contributed by atoms with van der Waals surface area (Å²) in [5, 5.41) is 20.6. The van der Waals surface area contributed by atoms with Crippen LogP contribution in [0.3, 0.4) is 0 Å². The Hall–Kier alpha value is -2.66. The first kappa shape index (κ1) is 23.5. The maximum atomic E-state index is 12.8. The van der Waals surface area contributed by atoms with Crippen molar-refractivity contribution < 1.29 is 19.2 Å². The van der Waals surface area contributed by atoms with E-state index in [1.54, 1.807) is 12.1 Å². The lowest BCUT2D eigenvalue weighted by molar-refractivity contribution is -0.384. The van der Waals surface area contributed by atoms with Crippen LogP contribution in [0, 0.1) is 28.6 Å². The molecule has 1 atom stereocenters. The highest BCUT2D eigenvalue weighted by molar-refractivity contribution is 14.1. The Morgan fingerprint density at radius 3 is 2.48 bits per heavy atom. The Morgan fingerprint density at radius 1 is 1.21 bits per heavy atom. The van der Waals surface area contributed by atoms with Crippen molar-refractivity contribution in [1.29, 1.82) is 5.26 Å². The van der Waals surface area contributed by atoms with E-state index in [1.165, 1.54) is 12.1 Å². The van der Waals surface area contributed by atoms with Gasteiger partial charge in [0, 0.05) is 30.5 Å². The first-order valence-corrected chi connectivity index (χ1v) is 12.1. The van der Waals surface area contributed by atoms with Gasteiger partial charge in [-0.15, -0.1) is 0 Å². The fourth-order valence-electron chi connectivity index (χ4n) is 3.94. The Labute approximate surface area is 216 Å². The van der Waals surface area contributed by atoms with Crippen molar-refractivity contribution in [2.24, 2.45) is 5.73 Å². The highest BCUT2D eigenvalue weighted by Gasteiger charge is 2.38. The summed E-state index contributed by atoms with van der Waals surface area (Å²) in [6, 6.07) is 12.1. The quantitative estimate of drug-likeness (QED) is 0.264. The van der Waals surface area contributed by atoms with Gasteiger partial charge in [0.15, 0.2) is 5.78 Å². The third-order valence-corrected chi connectivity index (χ3v) is 7.09. The molecule has 0 saturated heterocycles. The van der Waals surface area contributed by atoms with Gasteiger partial charge in [-0.05, 0) is 87.0 Å². The summed E-state index contributed by atoms with van der Waals surface area (Å²) in [6.07, 6.45) is 1.73. The van der Waals surface area contributed by atoms with Crippen molar-refractivity contribution in [3.8, 4) is 11.8 Å². The van der Waals surface area contributed by atoms with Crippen LogP contribution in [-0.2, 0) is 16.1 Å². The molecular formula is C23H17I2N3O5. The molecule has 0 amide bonds. The first-order chi connectivity index (χ1) is 15.8. The van der Waals surface area contributed by atoms with Gasteiger partial charge in [0.2, 0.25) is 5.88 Å². The van der Waals surface area contributed by atoms with E-state index < -0.39 is 10.8 Å². The van der Waals surface area contributed by atoms with Crippen LogP contribution < -0.4 is 10.5 Å². The molecule has 1 aliphatic carbocycles. The van der Waals surface area contributed by atoms with Crippen molar-refractivity contribution in [2.75, 3.05) is 0 Å². The van der Waals surface area contributed by atoms with E-state index in [0.29, 0.717) is 36.3 Å². The zero-order valence-corrected chi connectivity index (χ0v) is 21.5. The van der Waals surface area contributed by atoms with Crippen LogP contribution in [0.15, 0.2) is 59.2 Å². The van der Waals surface area contributed by atoms with E-state index in [9.17, 15) is 20.2 Å². The minimum atomic E-state index is -0.572. The number of rotatable bonds is 5. The number of allylic oxidation sites excluding steroid dienone is 3. The van der Waals surface area contributed by atoms with Gasteiger partial charge in [0.05, 0.1) is 18.0 Å². The lowest BCUT2D eigenvalue weighted by atomic mass is 9.77. The SMILES string of the molecule is N#CC1=C(N)OC2=C(C(=O)CCC2)[C@H]1c1cc(I)c(OCc2ccc([N+](=O)[O-])cc2)c(I)c1. The highest BCUT2D eigenvalue weighted by Crippen LogP contribution is 2.45. The fraction of sp³-hybridized carbons (Fsp3) is 0.217. The number of ether oxygens (including phenoxy) is 2. The van der Waals surface area contributed by atoms with Gasteiger partial charge in [-0.3, -0.25) is 14.9 Å². The summed E-state index contributed by atoms with van der Waals surface area (Å²) in [5.41, 5.74) is 8.38. The molecule has 168 valence electrons. The zero-order valence-electron chi connectivity index (χ0n) is 17.1. The molecule has 33 heavy (non-hydrogen) atoms. The smallest absolute Gasteiger partial charge is 0.269 e. The number of carbonyl (C=O) groups excluding carboxylic acids is 1. The van der Waals surface area contributed by atoms with Crippen molar-refractivity contribution in [1.82, 2.24) is 0 Å². The fourth-order valence-corrected chi connectivity index (χ4v) is 6.07. The number of ketones is 1. The number of carbonyl (C=O) groups is 1. The average Bonchev–Trinajstić information content (AvgIpc) is 2.78. The number of hydrogen-bond donors (Lipinski definition) is 1. The second-order valence-corrected chi connectivity index (χ2v) is 9.89. The van der Waals surface area contributed by atoms with E-state index in [4.69, 9.17) is 15.2 Å². The molecular weight excluding hydrogens is 652 g/mol. The molecule has 0 radical (unpaired) electrons. The summed E-state index contributed by atoms with van der Waals surface area (Å²) in [7, 11) is 0. The Kier molecular flexibility index (Phi) is 6.89. The van der Waals surface area contributed by atoms with Crippen LogP contribution in [0.1, 0.15) is 36.3 Å². The van der Waals surface area contributed by atoms with Gasteiger partial charge in [-0.25, -0.2) is 0 Å². The maximum Gasteiger partial charge on any atom is 0.269 e. The Morgan fingerprint density at radius 2 is 1.88 bits per heavy atom. The van der Waals surface area contributed by atoms with Gasteiger partial charge in [0.25, 0.3) is 5.69 Å². The van der Waals surface area contributed by atoms with E-state index >= 15 is 0 Å². The molecule has 2 aliphatic rings. The van der Waals surface area contributed by atoms with E-state index in [0.717, 1.165) is 18.3 Å². The van der Waals surface area contributed by atoms with E-state index in [1.807, 2.05) is 12.1 Å². The molecule has 0 saturated carbocycles. The molecule has 0 fully saturated rings. The molecule has 1 aliphatic heterocycles. The van der Waals surface area contributed by atoms with Crippen LogP contribution in [0.2, 0.25) is 0 Å². The van der Waals surface area contributed by atoms with Crippen molar-refractivity contribution in [3.63, 3.8) is 0 Å². The largest absolute Gasteiger partial charge is 0.487 e. The number of nitro benzene ring substituents is 1. The first-order valence-electron chi connectivity index (χ1n) is 9.99. The average molecular weight is 669 g/mol. The minimum Gasteiger partial charge on any atom is -0.487 e. The predicted octanol–water partition coefficient (Wildman–Crippen LogP) is 5.20. The highest BCUT2D eigenvalue weighted by atomic mass is 127. The normalized spacial score (nSPS) is 17.8. The van der Waals surface area contributed by atoms with Gasteiger partial charge in [0.1, 0.15) is 29.8 Å². The number of halogens is 2. The molecule has 0 bridgehead atoms. The van der Waals surface area contributed by atoms with Crippen LogP contribution in [0.5, 0.6) is 5.75 Å².